The maximum absolute atomic E-state index is 13.5. The van der Waals surface area contributed by atoms with Crippen LogP contribution < -0.4 is 0 Å². The van der Waals surface area contributed by atoms with Gasteiger partial charge in [-0.15, -0.1) is 0 Å². The molecular formula is C22H27NO5S. The highest BCUT2D eigenvalue weighted by Gasteiger charge is 2.55. The van der Waals surface area contributed by atoms with E-state index in [4.69, 9.17) is 9.47 Å². The SMILES string of the molecule is Cc1ccc(S(=O)(=O)N2C[C@@H](O)[C@H]3OC(C)(C)O[C@@H]3[C@H]2Cc2ccccc2)cc1. The quantitative estimate of drug-likeness (QED) is 0.827. The van der Waals surface area contributed by atoms with Crippen LogP contribution in [0.5, 0.6) is 0 Å². The van der Waals surface area contributed by atoms with E-state index in [1.54, 1.807) is 38.1 Å². The molecule has 0 spiro atoms. The third-order valence-electron chi connectivity index (χ3n) is 5.57. The Hall–Kier alpha value is -1.77. The molecule has 2 fully saturated rings. The first-order chi connectivity index (χ1) is 13.7. The van der Waals surface area contributed by atoms with Crippen molar-refractivity contribution in [3.8, 4) is 0 Å². The predicted molar refractivity (Wildman–Crippen MR) is 109 cm³/mol. The van der Waals surface area contributed by atoms with Gasteiger partial charge in [-0.3, -0.25) is 0 Å². The molecule has 0 radical (unpaired) electrons. The number of hydrogen-bond donors (Lipinski definition) is 1. The van der Waals surface area contributed by atoms with Gasteiger partial charge in [0.1, 0.15) is 12.2 Å². The van der Waals surface area contributed by atoms with Crippen LogP contribution in [0.15, 0.2) is 59.5 Å². The standard InChI is InChI=1S/C22H27NO5S/c1-15-9-11-17(12-10-15)29(25,26)23-14-19(24)21-20(27-22(2,3)28-21)18(23)13-16-7-5-4-6-8-16/h4-12,18-21,24H,13-14H2,1-3H3/t18-,19-,20-,21-/m1/s1. The zero-order valence-electron chi connectivity index (χ0n) is 16.9. The Kier molecular flexibility index (Phi) is 5.29. The van der Waals surface area contributed by atoms with Crippen molar-refractivity contribution >= 4 is 10.0 Å². The summed E-state index contributed by atoms with van der Waals surface area (Å²) in [5.41, 5.74) is 1.99. The smallest absolute Gasteiger partial charge is 0.243 e. The third kappa shape index (κ3) is 3.98. The molecule has 1 N–H and O–H groups in total. The Labute approximate surface area is 172 Å². The van der Waals surface area contributed by atoms with Gasteiger partial charge in [-0.2, -0.15) is 4.31 Å². The molecule has 2 heterocycles. The summed E-state index contributed by atoms with van der Waals surface area (Å²) in [6, 6.07) is 16.0. The minimum absolute atomic E-state index is 0.0334. The highest BCUT2D eigenvalue weighted by molar-refractivity contribution is 7.89. The van der Waals surface area contributed by atoms with Crippen molar-refractivity contribution in [2.75, 3.05) is 6.54 Å². The fourth-order valence-electron chi connectivity index (χ4n) is 4.20. The van der Waals surface area contributed by atoms with Crippen LogP contribution in [0.4, 0.5) is 0 Å². The fourth-order valence-corrected chi connectivity index (χ4v) is 5.85. The molecule has 0 bridgehead atoms. The van der Waals surface area contributed by atoms with E-state index in [9.17, 15) is 13.5 Å². The third-order valence-corrected chi connectivity index (χ3v) is 7.48. The van der Waals surface area contributed by atoms with Gasteiger partial charge in [0.05, 0.1) is 17.0 Å². The number of rotatable bonds is 4. The summed E-state index contributed by atoms with van der Waals surface area (Å²) >= 11 is 0. The molecule has 6 nitrogen and oxygen atoms in total. The largest absolute Gasteiger partial charge is 0.389 e. The molecule has 7 heteroatoms. The van der Waals surface area contributed by atoms with Crippen LogP contribution in [0.2, 0.25) is 0 Å². The number of fused-ring (bicyclic) bond motifs is 1. The zero-order valence-corrected chi connectivity index (χ0v) is 17.7. The molecule has 0 amide bonds. The molecule has 0 saturated carbocycles. The molecule has 2 aliphatic heterocycles. The van der Waals surface area contributed by atoms with E-state index < -0.39 is 40.2 Å². The van der Waals surface area contributed by atoms with Gasteiger partial charge in [0.2, 0.25) is 10.0 Å². The molecule has 2 aromatic rings. The molecule has 0 aliphatic carbocycles. The van der Waals surface area contributed by atoms with Crippen molar-refractivity contribution in [3.63, 3.8) is 0 Å². The van der Waals surface area contributed by atoms with Crippen LogP contribution in [-0.2, 0) is 25.9 Å². The van der Waals surface area contributed by atoms with Crippen molar-refractivity contribution in [1.29, 1.82) is 0 Å². The fraction of sp³-hybridized carbons (Fsp3) is 0.455. The predicted octanol–water partition coefficient (Wildman–Crippen LogP) is 2.49. The lowest BCUT2D eigenvalue weighted by atomic mass is 9.91. The number of aliphatic hydroxyl groups is 1. The Morgan fingerprint density at radius 2 is 1.66 bits per heavy atom. The maximum atomic E-state index is 13.5. The summed E-state index contributed by atoms with van der Waals surface area (Å²) < 4.78 is 40.4. The lowest BCUT2D eigenvalue weighted by Gasteiger charge is -2.42. The summed E-state index contributed by atoms with van der Waals surface area (Å²) in [6.45, 7) is 5.46. The first-order valence-corrected chi connectivity index (χ1v) is 11.3. The lowest BCUT2D eigenvalue weighted by Crippen LogP contribution is -2.62. The van der Waals surface area contributed by atoms with Gasteiger partial charge < -0.3 is 14.6 Å². The average Bonchev–Trinajstić information content (AvgIpc) is 3.01. The molecule has 2 saturated heterocycles. The summed E-state index contributed by atoms with van der Waals surface area (Å²) in [4.78, 5) is 0.213. The molecule has 2 aliphatic rings. The van der Waals surface area contributed by atoms with Crippen molar-refractivity contribution in [2.24, 2.45) is 0 Å². The van der Waals surface area contributed by atoms with Crippen LogP contribution in [0.25, 0.3) is 0 Å². The van der Waals surface area contributed by atoms with Gasteiger partial charge in [-0.1, -0.05) is 48.0 Å². The molecule has 0 unspecified atom stereocenters. The van der Waals surface area contributed by atoms with Gasteiger partial charge in [0.15, 0.2) is 5.79 Å². The number of piperidine rings is 1. The van der Waals surface area contributed by atoms with Gasteiger partial charge in [0, 0.05) is 6.54 Å². The highest BCUT2D eigenvalue weighted by atomic mass is 32.2. The number of sulfonamides is 1. The summed E-state index contributed by atoms with van der Waals surface area (Å²) in [5.74, 6) is -0.880. The number of hydrogen-bond acceptors (Lipinski definition) is 5. The number of aryl methyl sites for hydroxylation is 1. The number of benzene rings is 2. The molecule has 29 heavy (non-hydrogen) atoms. The first kappa shape index (κ1) is 20.5. The number of β-amino-alcohol motifs (C(OH)–C–C–N with tert-alkyl or cyclic N) is 1. The van der Waals surface area contributed by atoms with Crippen LogP contribution in [0.3, 0.4) is 0 Å². The van der Waals surface area contributed by atoms with Gasteiger partial charge in [-0.05, 0) is 44.9 Å². The van der Waals surface area contributed by atoms with E-state index in [0.29, 0.717) is 6.42 Å². The zero-order chi connectivity index (χ0) is 20.8. The normalized spacial score (nSPS) is 29.5. The molecule has 4 rings (SSSR count). The number of nitrogens with zero attached hydrogens (tertiary/aromatic N) is 1. The lowest BCUT2D eigenvalue weighted by molar-refractivity contribution is -0.153. The van der Waals surface area contributed by atoms with E-state index in [1.165, 1.54) is 4.31 Å². The number of ether oxygens (including phenoxy) is 2. The second-order valence-electron chi connectivity index (χ2n) is 8.28. The second kappa shape index (κ2) is 7.49. The van der Waals surface area contributed by atoms with Crippen molar-refractivity contribution in [2.45, 2.75) is 62.2 Å². The Morgan fingerprint density at radius 3 is 2.31 bits per heavy atom. The second-order valence-corrected chi connectivity index (χ2v) is 10.2. The number of aliphatic hydroxyl groups excluding tert-OH is 1. The van der Waals surface area contributed by atoms with Gasteiger partial charge >= 0.3 is 0 Å². The minimum atomic E-state index is -3.82. The first-order valence-electron chi connectivity index (χ1n) is 9.83. The Bertz CT molecular complexity index is 958. The van der Waals surface area contributed by atoms with Crippen LogP contribution in [-0.4, -0.2) is 54.5 Å². The highest BCUT2D eigenvalue weighted by Crippen LogP contribution is 2.39. The maximum Gasteiger partial charge on any atom is 0.243 e. The van der Waals surface area contributed by atoms with Gasteiger partial charge in [-0.25, -0.2) is 8.42 Å². The van der Waals surface area contributed by atoms with Crippen molar-refractivity contribution < 1.29 is 23.0 Å². The summed E-state index contributed by atoms with van der Waals surface area (Å²) in [6.07, 6.45) is -1.62. The van der Waals surface area contributed by atoms with E-state index in [2.05, 4.69) is 0 Å². The molecule has 2 aromatic carbocycles. The molecular weight excluding hydrogens is 390 g/mol. The van der Waals surface area contributed by atoms with E-state index in [-0.39, 0.29) is 11.4 Å². The van der Waals surface area contributed by atoms with Crippen molar-refractivity contribution in [1.82, 2.24) is 4.31 Å². The molecule has 4 atom stereocenters. The minimum Gasteiger partial charge on any atom is -0.389 e. The topological polar surface area (TPSA) is 76.1 Å². The Balaban J connectivity index is 1.74. The van der Waals surface area contributed by atoms with Crippen LogP contribution in [0, 0.1) is 6.92 Å². The van der Waals surface area contributed by atoms with Crippen LogP contribution >= 0.6 is 0 Å². The van der Waals surface area contributed by atoms with Crippen LogP contribution in [0.1, 0.15) is 25.0 Å². The monoisotopic (exact) mass is 417 g/mol. The summed E-state index contributed by atoms with van der Waals surface area (Å²) in [5, 5.41) is 10.7. The Morgan fingerprint density at radius 1 is 1.03 bits per heavy atom. The van der Waals surface area contributed by atoms with E-state index >= 15 is 0 Å². The van der Waals surface area contributed by atoms with Crippen molar-refractivity contribution in [3.05, 3.63) is 65.7 Å². The van der Waals surface area contributed by atoms with E-state index in [0.717, 1.165) is 11.1 Å². The molecule has 0 aromatic heterocycles. The molecule has 156 valence electrons. The average molecular weight is 418 g/mol. The summed E-state index contributed by atoms with van der Waals surface area (Å²) in [7, 11) is -3.82. The van der Waals surface area contributed by atoms with E-state index in [1.807, 2.05) is 37.3 Å². The van der Waals surface area contributed by atoms with Gasteiger partial charge in [0.25, 0.3) is 0 Å².